The van der Waals surface area contributed by atoms with E-state index in [-0.39, 0.29) is 23.6 Å². The van der Waals surface area contributed by atoms with Crippen LogP contribution in [0.25, 0.3) is 0 Å². The molecule has 3 aromatic rings. The molecule has 1 aliphatic heterocycles. The minimum absolute atomic E-state index is 0.0281. The van der Waals surface area contributed by atoms with Gasteiger partial charge in [-0.2, -0.15) is 13.2 Å². The van der Waals surface area contributed by atoms with Crippen molar-refractivity contribution in [3.8, 4) is 23.8 Å². The maximum absolute atomic E-state index is 13.6. The van der Waals surface area contributed by atoms with Crippen LogP contribution >= 0.6 is 0 Å². The summed E-state index contributed by atoms with van der Waals surface area (Å²) >= 11 is 0. The van der Waals surface area contributed by atoms with Crippen molar-refractivity contribution in [2.75, 3.05) is 11.9 Å². The number of alkyl halides is 3. The third-order valence-electron chi connectivity index (χ3n) is 5.26. The lowest BCUT2D eigenvalue weighted by Gasteiger charge is -2.29. The summed E-state index contributed by atoms with van der Waals surface area (Å²) in [6.07, 6.45) is 0.553. The van der Waals surface area contributed by atoms with E-state index in [4.69, 9.17) is 11.2 Å². The maximum atomic E-state index is 13.6. The van der Waals surface area contributed by atoms with Gasteiger partial charge in [-0.1, -0.05) is 42.3 Å². The number of carbonyl (C=O) groups excluding carboxylic acids is 1. The molecular weight excluding hydrogens is 407 g/mol. The van der Waals surface area contributed by atoms with E-state index < -0.39 is 23.1 Å². The van der Waals surface area contributed by atoms with Crippen molar-refractivity contribution in [1.82, 2.24) is 0 Å². The summed E-state index contributed by atoms with van der Waals surface area (Å²) in [5, 5.41) is 12.1. The number of aromatic hydroxyl groups is 1. The Bertz CT molecular complexity index is 1180. The smallest absolute Gasteiger partial charge is 0.418 e. The average molecular weight is 423 g/mol. The minimum atomic E-state index is -4.64. The van der Waals surface area contributed by atoms with Crippen molar-refractivity contribution in [2.45, 2.75) is 11.6 Å². The number of halogens is 3. The monoisotopic (exact) mass is 423 g/mol. The van der Waals surface area contributed by atoms with Gasteiger partial charge in [0.05, 0.1) is 11.3 Å². The number of terminal acetylenes is 1. The normalized spacial score (nSPS) is 17.5. The molecule has 0 bridgehead atoms. The summed E-state index contributed by atoms with van der Waals surface area (Å²) in [5.74, 6) is 2.16. The summed E-state index contributed by atoms with van der Waals surface area (Å²) in [6.45, 7) is 0.0563. The lowest BCUT2D eigenvalue weighted by atomic mass is 9.70. The Balaban J connectivity index is 1.98. The Kier molecular flexibility index (Phi) is 4.86. The number of rotatable bonds is 4. The summed E-state index contributed by atoms with van der Waals surface area (Å²) in [7, 11) is 0. The number of amides is 1. The molecule has 0 saturated carbocycles. The van der Waals surface area contributed by atoms with E-state index in [0.29, 0.717) is 16.9 Å². The summed E-state index contributed by atoms with van der Waals surface area (Å²) in [4.78, 5) is 13.4. The van der Waals surface area contributed by atoms with Crippen LogP contribution in [0, 0.1) is 12.3 Å². The first-order chi connectivity index (χ1) is 14.8. The van der Waals surface area contributed by atoms with Crippen LogP contribution in [0.4, 0.5) is 18.9 Å². The molecule has 0 aromatic heterocycles. The SMILES string of the molecule is C#CCOc1ccc(C2(c3ccc(O)cc3)C(=O)Nc3c(C(F)(F)F)cccc32)cc1. The fraction of sp³-hybridized carbons (Fsp3) is 0.125. The number of phenols is 1. The molecule has 1 atom stereocenters. The van der Waals surface area contributed by atoms with E-state index in [1.54, 1.807) is 24.3 Å². The Morgan fingerprint density at radius 2 is 1.61 bits per heavy atom. The number of phenolic OH excluding ortho intramolecular Hbond substituents is 1. The van der Waals surface area contributed by atoms with Crippen LogP contribution < -0.4 is 10.1 Å². The molecule has 0 spiro atoms. The summed E-state index contributed by atoms with van der Waals surface area (Å²) in [5.41, 5.74) is -1.71. The number of ether oxygens (including phenoxy) is 1. The fourth-order valence-electron chi connectivity index (χ4n) is 3.94. The van der Waals surface area contributed by atoms with Gasteiger partial charge in [0, 0.05) is 5.56 Å². The van der Waals surface area contributed by atoms with Gasteiger partial charge in [0.1, 0.15) is 23.5 Å². The lowest BCUT2D eigenvalue weighted by Crippen LogP contribution is -2.36. The lowest BCUT2D eigenvalue weighted by molar-refractivity contribution is -0.136. The standard InChI is InChI=1S/C24H16F3NO3/c1-2-14-31-18-12-8-16(9-13-18)23(15-6-10-17(29)11-7-15)19-4-3-5-20(24(25,26)27)21(19)28-22(23)30/h1,3-13,29H,14H2,(H,28,30). The number of hydrogen-bond donors (Lipinski definition) is 2. The number of nitrogens with one attached hydrogen (secondary N) is 1. The van der Waals surface area contributed by atoms with E-state index in [9.17, 15) is 23.1 Å². The Hall–Kier alpha value is -3.92. The van der Waals surface area contributed by atoms with Gasteiger partial charge in [-0.3, -0.25) is 4.79 Å². The number of hydrogen-bond acceptors (Lipinski definition) is 3. The van der Waals surface area contributed by atoms with Crippen LogP contribution in [-0.2, 0) is 16.4 Å². The molecule has 1 aliphatic rings. The highest BCUT2D eigenvalue weighted by Gasteiger charge is 2.52. The van der Waals surface area contributed by atoms with Crippen LogP contribution in [0.5, 0.6) is 11.5 Å². The van der Waals surface area contributed by atoms with Crippen LogP contribution in [-0.4, -0.2) is 17.6 Å². The average Bonchev–Trinajstić information content (AvgIpc) is 3.05. The largest absolute Gasteiger partial charge is 0.508 e. The Labute approximate surface area is 176 Å². The molecule has 156 valence electrons. The highest BCUT2D eigenvalue weighted by Crippen LogP contribution is 2.51. The van der Waals surface area contributed by atoms with Crippen LogP contribution in [0.15, 0.2) is 66.7 Å². The van der Waals surface area contributed by atoms with E-state index in [2.05, 4.69) is 11.2 Å². The quantitative estimate of drug-likeness (QED) is 0.598. The molecule has 0 saturated heterocycles. The molecule has 4 rings (SSSR count). The highest BCUT2D eigenvalue weighted by molar-refractivity contribution is 6.12. The maximum Gasteiger partial charge on any atom is 0.418 e. The molecular formula is C24H16F3NO3. The molecule has 31 heavy (non-hydrogen) atoms. The second-order valence-electron chi connectivity index (χ2n) is 6.99. The van der Waals surface area contributed by atoms with E-state index in [1.807, 2.05) is 0 Å². The van der Waals surface area contributed by atoms with Crippen molar-refractivity contribution < 1.29 is 27.8 Å². The van der Waals surface area contributed by atoms with Gasteiger partial charge in [0.2, 0.25) is 5.91 Å². The fourth-order valence-corrected chi connectivity index (χ4v) is 3.94. The summed E-state index contributed by atoms with van der Waals surface area (Å²) < 4.78 is 46.3. The van der Waals surface area contributed by atoms with Crippen LogP contribution in [0.1, 0.15) is 22.3 Å². The van der Waals surface area contributed by atoms with E-state index >= 15 is 0 Å². The zero-order valence-corrected chi connectivity index (χ0v) is 16.0. The molecule has 7 heteroatoms. The third kappa shape index (κ3) is 3.26. The first kappa shape index (κ1) is 20.4. The molecule has 0 fully saturated rings. The van der Waals surface area contributed by atoms with Gasteiger partial charge in [0.15, 0.2) is 0 Å². The van der Waals surface area contributed by atoms with Gasteiger partial charge in [-0.05, 0) is 41.5 Å². The van der Waals surface area contributed by atoms with Crippen LogP contribution in [0.2, 0.25) is 0 Å². The number of benzene rings is 3. The van der Waals surface area contributed by atoms with Crippen molar-refractivity contribution in [3.05, 3.63) is 89.0 Å². The zero-order valence-electron chi connectivity index (χ0n) is 16.0. The predicted octanol–water partition coefficient (Wildman–Crippen LogP) is 4.71. The number of anilines is 1. The minimum Gasteiger partial charge on any atom is -0.508 e. The van der Waals surface area contributed by atoms with Gasteiger partial charge in [-0.15, -0.1) is 6.42 Å². The molecule has 0 radical (unpaired) electrons. The van der Waals surface area contributed by atoms with Gasteiger partial charge in [-0.25, -0.2) is 0 Å². The number of para-hydroxylation sites is 1. The van der Waals surface area contributed by atoms with Crippen molar-refractivity contribution >= 4 is 11.6 Å². The second kappa shape index (κ2) is 7.40. The van der Waals surface area contributed by atoms with Crippen molar-refractivity contribution in [2.24, 2.45) is 0 Å². The molecule has 2 N–H and O–H groups in total. The van der Waals surface area contributed by atoms with Crippen molar-refractivity contribution in [1.29, 1.82) is 0 Å². The first-order valence-corrected chi connectivity index (χ1v) is 9.27. The Morgan fingerprint density at radius 3 is 2.19 bits per heavy atom. The van der Waals surface area contributed by atoms with Crippen LogP contribution in [0.3, 0.4) is 0 Å². The van der Waals surface area contributed by atoms with Gasteiger partial charge < -0.3 is 15.2 Å². The highest BCUT2D eigenvalue weighted by atomic mass is 19.4. The Morgan fingerprint density at radius 1 is 1.00 bits per heavy atom. The first-order valence-electron chi connectivity index (χ1n) is 9.27. The van der Waals surface area contributed by atoms with E-state index in [0.717, 1.165) is 6.07 Å². The topological polar surface area (TPSA) is 58.6 Å². The third-order valence-corrected chi connectivity index (χ3v) is 5.26. The predicted molar refractivity (Wildman–Crippen MR) is 109 cm³/mol. The molecule has 1 unspecified atom stereocenters. The molecule has 1 heterocycles. The second-order valence-corrected chi connectivity index (χ2v) is 6.99. The molecule has 4 nitrogen and oxygen atoms in total. The summed E-state index contributed by atoms with van der Waals surface area (Å²) in [6, 6.07) is 16.0. The molecule has 1 amide bonds. The van der Waals surface area contributed by atoms with Gasteiger partial charge >= 0.3 is 6.18 Å². The number of fused-ring (bicyclic) bond motifs is 1. The molecule has 0 aliphatic carbocycles. The van der Waals surface area contributed by atoms with Crippen molar-refractivity contribution in [3.63, 3.8) is 0 Å². The van der Waals surface area contributed by atoms with E-state index in [1.165, 1.54) is 36.4 Å². The zero-order chi connectivity index (χ0) is 22.2. The molecule has 3 aromatic carbocycles. The van der Waals surface area contributed by atoms with Gasteiger partial charge in [0.25, 0.3) is 0 Å². The number of carbonyl (C=O) groups is 1.